The number of amides is 2. The average Bonchev–Trinajstić information content (AvgIpc) is 2.94. The Bertz CT molecular complexity index is 1110. The van der Waals surface area contributed by atoms with Gasteiger partial charge in [0.2, 0.25) is 5.66 Å². The summed E-state index contributed by atoms with van der Waals surface area (Å²) in [6, 6.07) is 22.4. The van der Waals surface area contributed by atoms with E-state index in [1.807, 2.05) is 73.7 Å². The summed E-state index contributed by atoms with van der Waals surface area (Å²) < 4.78 is 0. The summed E-state index contributed by atoms with van der Waals surface area (Å²) in [7, 11) is 0. The summed E-state index contributed by atoms with van der Waals surface area (Å²) in [5.74, 6) is -0.477. The number of anilines is 3. The van der Waals surface area contributed by atoms with E-state index in [0.29, 0.717) is 22.6 Å². The van der Waals surface area contributed by atoms with Crippen molar-refractivity contribution in [2.75, 3.05) is 15.5 Å². The van der Waals surface area contributed by atoms with E-state index in [2.05, 4.69) is 10.6 Å². The zero-order chi connectivity index (χ0) is 18.6. The molecule has 0 aromatic heterocycles. The Morgan fingerprint density at radius 1 is 0.852 bits per heavy atom. The molecular formula is C22H17N3O2. The monoisotopic (exact) mass is 355 g/mol. The Labute approximate surface area is 156 Å². The Morgan fingerprint density at radius 2 is 1.59 bits per heavy atom. The van der Waals surface area contributed by atoms with Crippen molar-refractivity contribution in [1.82, 2.24) is 0 Å². The number of para-hydroxylation sites is 2. The molecule has 0 saturated carbocycles. The lowest BCUT2D eigenvalue weighted by molar-refractivity contribution is -0.119. The third-order valence-electron chi connectivity index (χ3n) is 5.17. The van der Waals surface area contributed by atoms with Gasteiger partial charge in [-0.2, -0.15) is 0 Å². The van der Waals surface area contributed by atoms with Gasteiger partial charge < -0.3 is 10.6 Å². The standard InChI is InChI=1S/C22H17N3O2/c1-14-7-6-8-15(13-14)25-20(26)16-9-2-4-11-18(16)24-22(25)17-10-3-5-12-19(17)23-21(22)27/h2-13,24H,1H3,(H,23,27). The summed E-state index contributed by atoms with van der Waals surface area (Å²) in [5, 5.41) is 6.30. The Morgan fingerprint density at radius 3 is 2.41 bits per heavy atom. The van der Waals surface area contributed by atoms with E-state index in [1.165, 1.54) is 0 Å². The summed E-state index contributed by atoms with van der Waals surface area (Å²) >= 11 is 0. The Balaban J connectivity index is 1.83. The van der Waals surface area contributed by atoms with Gasteiger partial charge in [0.05, 0.1) is 5.56 Å². The normalized spacial score (nSPS) is 20.1. The largest absolute Gasteiger partial charge is 0.350 e. The van der Waals surface area contributed by atoms with Crippen LogP contribution in [0.25, 0.3) is 0 Å². The van der Waals surface area contributed by atoms with Crippen LogP contribution in [-0.2, 0) is 10.5 Å². The molecule has 1 unspecified atom stereocenters. The third kappa shape index (κ3) is 2.05. The molecular weight excluding hydrogens is 338 g/mol. The highest BCUT2D eigenvalue weighted by molar-refractivity contribution is 6.21. The van der Waals surface area contributed by atoms with Crippen molar-refractivity contribution in [3.8, 4) is 0 Å². The van der Waals surface area contributed by atoms with Gasteiger partial charge in [-0.05, 0) is 42.8 Å². The summed E-state index contributed by atoms with van der Waals surface area (Å²) in [5.41, 5.74) is 3.00. The molecule has 5 heteroatoms. The highest BCUT2D eigenvalue weighted by atomic mass is 16.2. The minimum absolute atomic E-state index is 0.207. The molecule has 0 fully saturated rings. The minimum Gasteiger partial charge on any atom is -0.350 e. The predicted octanol–water partition coefficient (Wildman–Crippen LogP) is 3.87. The van der Waals surface area contributed by atoms with Crippen molar-refractivity contribution >= 4 is 28.9 Å². The maximum Gasteiger partial charge on any atom is 0.276 e. The summed E-state index contributed by atoms with van der Waals surface area (Å²) in [6.07, 6.45) is 0. The number of hydrogen-bond donors (Lipinski definition) is 2. The average molecular weight is 355 g/mol. The van der Waals surface area contributed by atoms with E-state index in [0.717, 1.165) is 11.1 Å². The van der Waals surface area contributed by atoms with Crippen LogP contribution < -0.4 is 15.5 Å². The lowest BCUT2D eigenvalue weighted by Crippen LogP contribution is -2.61. The van der Waals surface area contributed by atoms with Gasteiger partial charge in [0.15, 0.2) is 0 Å². The first-order valence-electron chi connectivity index (χ1n) is 8.81. The molecule has 2 amide bonds. The molecule has 0 bridgehead atoms. The molecule has 2 N–H and O–H groups in total. The topological polar surface area (TPSA) is 61.4 Å². The fraction of sp³-hybridized carbons (Fsp3) is 0.0909. The van der Waals surface area contributed by atoms with E-state index >= 15 is 0 Å². The zero-order valence-electron chi connectivity index (χ0n) is 14.7. The van der Waals surface area contributed by atoms with Crippen LogP contribution in [0.4, 0.5) is 17.1 Å². The van der Waals surface area contributed by atoms with Crippen LogP contribution in [0.15, 0.2) is 72.8 Å². The van der Waals surface area contributed by atoms with Crippen LogP contribution in [0.3, 0.4) is 0 Å². The number of carbonyl (C=O) groups is 2. The van der Waals surface area contributed by atoms with Crippen molar-refractivity contribution in [3.05, 3.63) is 89.5 Å². The number of aryl methyl sites for hydroxylation is 1. The number of nitrogens with one attached hydrogen (secondary N) is 2. The molecule has 132 valence electrons. The van der Waals surface area contributed by atoms with Crippen molar-refractivity contribution in [2.45, 2.75) is 12.6 Å². The summed E-state index contributed by atoms with van der Waals surface area (Å²) in [4.78, 5) is 28.4. The lowest BCUT2D eigenvalue weighted by Gasteiger charge is -2.44. The Kier molecular flexibility index (Phi) is 3.15. The van der Waals surface area contributed by atoms with Gasteiger partial charge in [0, 0.05) is 22.6 Å². The first-order chi connectivity index (χ1) is 13.1. The number of fused-ring (bicyclic) bond motifs is 3. The molecule has 2 heterocycles. The highest BCUT2D eigenvalue weighted by Crippen LogP contribution is 2.47. The van der Waals surface area contributed by atoms with Gasteiger partial charge in [-0.25, -0.2) is 0 Å². The summed E-state index contributed by atoms with van der Waals surface area (Å²) in [6.45, 7) is 1.97. The molecule has 1 atom stereocenters. The van der Waals surface area contributed by atoms with Crippen LogP contribution in [0.5, 0.6) is 0 Å². The number of benzene rings is 3. The van der Waals surface area contributed by atoms with E-state index < -0.39 is 5.66 Å². The second kappa shape index (κ2) is 5.45. The molecule has 0 saturated heterocycles. The molecule has 5 rings (SSSR count). The van der Waals surface area contributed by atoms with E-state index in [9.17, 15) is 9.59 Å². The van der Waals surface area contributed by atoms with Crippen molar-refractivity contribution in [3.63, 3.8) is 0 Å². The molecule has 1 spiro atoms. The van der Waals surface area contributed by atoms with Crippen molar-refractivity contribution in [2.24, 2.45) is 0 Å². The number of hydrogen-bond acceptors (Lipinski definition) is 3. The van der Waals surface area contributed by atoms with Gasteiger partial charge in [0.25, 0.3) is 11.8 Å². The van der Waals surface area contributed by atoms with Gasteiger partial charge in [0.1, 0.15) is 0 Å². The number of rotatable bonds is 1. The second-order valence-electron chi connectivity index (χ2n) is 6.86. The molecule has 0 aliphatic carbocycles. The quantitative estimate of drug-likeness (QED) is 0.696. The maximum absolute atomic E-state index is 13.6. The van der Waals surface area contributed by atoms with Crippen LogP contribution >= 0.6 is 0 Å². The number of carbonyl (C=O) groups excluding carboxylic acids is 2. The minimum atomic E-state index is -1.32. The van der Waals surface area contributed by atoms with Gasteiger partial charge in [-0.15, -0.1) is 0 Å². The van der Waals surface area contributed by atoms with E-state index in [-0.39, 0.29) is 11.8 Å². The molecule has 5 nitrogen and oxygen atoms in total. The predicted molar refractivity (Wildman–Crippen MR) is 105 cm³/mol. The van der Waals surface area contributed by atoms with Crippen LogP contribution in [-0.4, -0.2) is 11.8 Å². The fourth-order valence-corrected chi connectivity index (χ4v) is 3.97. The van der Waals surface area contributed by atoms with E-state index in [4.69, 9.17) is 0 Å². The second-order valence-corrected chi connectivity index (χ2v) is 6.86. The van der Waals surface area contributed by atoms with Gasteiger partial charge in [-0.1, -0.05) is 42.5 Å². The third-order valence-corrected chi connectivity index (χ3v) is 5.17. The molecule has 3 aromatic rings. The molecule has 0 radical (unpaired) electrons. The highest BCUT2D eigenvalue weighted by Gasteiger charge is 2.56. The van der Waals surface area contributed by atoms with Crippen LogP contribution in [0.2, 0.25) is 0 Å². The zero-order valence-corrected chi connectivity index (χ0v) is 14.7. The first-order valence-corrected chi connectivity index (χ1v) is 8.81. The van der Waals surface area contributed by atoms with Crippen LogP contribution in [0.1, 0.15) is 21.5 Å². The molecule has 27 heavy (non-hydrogen) atoms. The Hall–Kier alpha value is -3.60. The number of nitrogens with zero attached hydrogens (tertiary/aromatic N) is 1. The van der Waals surface area contributed by atoms with Crippen LogP contribution in [0, 0.1) is 6.92 Å². The van der Waals surface area contributed by atoms with E-state index in [1.54, 1.807) is 11.0 Å². The van der Waals surface area contributed by atoms with Crippen molar-refractivity contribution in [1.29, 1.82) is 0 Å². The first kappa shape index (κ1) is 15.6. The molecule has 2 aliphatic heterocycles. The van der Waals surface area contributed by atoms with Gasteiger partial charge >= 0.3 is 0 Å². The molecule has 3 aromatic carbocycles. The van der Waals surface area contributed by atoms with Crippen molar-refractivity contribution < 1.29 is 9.59 Å². The smallest absolute Gasteiger partial charge is 0.276 e. The lowest BCUT2D eigenvalue weighted by atomic mass is 9.92. The maximum atomic E-state index is 13.6. The fourth-order valence-electron chi connectivity index (χ4n) is 3.97. The SMILES string of the molecule is Cc1cccc(N2C(=O)c3ccccc3NC23C(=O)Nc2ccccc23)c1. The van der Waals surface area contributed by atoms with Gasteiger partial charge in [-0.3, -0.25) is 14.5 Å². The molecule has 2 aliphatic rings.